The molecule has 0 aliphatic carbocycles. The quantitative estimate of drug-likeness (QED) is 0.452. The Bertz CT molecular complexity index is 833. The number of rotatable bonds is 7. The van der Waals surface area contributed by atoms with Gasteiger partial charge in [-0.05, 0) is 35.7 Å². The molecule has 3 N–H and O–H groups in total. The summed E-state index contributed by atoms with van der Waals surface area (Å²) in [5.41, 5.74) is 2.98. The van der Waals surface area contributed by atoms with Crippen molar-refractivity contribution < 1.29 is 4.79 Å². The minimum absolute atomic E-state index is 0.0560. The molecular formula is C22H29BrN4O. The monoisotopic (exact) mass is 444 g/mol. The predicted octanol–water partition coefficient (Wildman–Crippen LogP) is 3.49. The molecule has 0 spiro atoms. The normalized spacial score (nSPS) is 11.8. The van der Waals surface area contributed by atoms with Crippen LogP contribution in [0.4, 0.5) is 0 Å². The van der Waals surface area contributed by atoms with Crippen LogP contribution in [0.2, 0.25) is 0 Å². The highest BCUT2D eigenvalue weighted by Gasteiger charge is 2.23. The maximum atomic E-state index is 11.8. The first kappa shape index (κ1) is 22.0. The summed E-state index contributed by atoms with van der Waals surface area (Å²) in [5, 5.41) is 9.41. The Balaban J connectivity index is 1.88. The molecule has 0 fully saturated rings. The summed E-state index contributed by atoms with van der Waals surface area (Å²) in [4.78, 5) is 16.1. The van der Waals surface area contributed by atoms with E-state index in [2.05, 4.69) is 68.9 Å². The van der Waals surface area contributed by atoms with Crippen LogP contribution in [0.5, 0.6) is 0 Å². The number of nitrogens with one attached hydrogen (secondary N) is 3. The van der Waals surface area contributed by atoms with Crippen molar-refractivity contribution in [2.24, 2.45) is 4.99 Å². The molecule has 2 rings (SSSR count). The van der Waals surface area contributed by atoms with Crippen molar-refractivity contribution in [1.29, 1.82) is 0 Å². The van der Waals surface area contributed by atoms with Gasteiger partial charge in [0.15, 0.2) is 5.96 Å². The van der Waals surface area contributed by atoms with Crippen LogP contribution in [0.25, 0.3) is 0 Å². The third-order valence-electron chi connectivity index (χ3n) is 4.65. The molecular weight excluding hydrogens is 416 g/mol. The summed E-state index contributed by atoms with van der Waals surface area (Å²) >= 11 is 3.64. The number of halogens is 1. The summed E-state index contributed by atoms with van der Waals surface area (Å²) in [6.45, 7) is 5.89. The summed E-state index contributed by atoms with van der Waals surface area (Å²) in [6.07, 6.45) is 0.805. The summed E-state index contributed by atoms with van der Waals surface area (Å²) in [7, 11) is 3.41. The van der Waals surface area contributed by atoms with Crippen LogP contribution < -0.4 is 16.0 Å². The number of carbonyl (C=O) groups is 1. The van der Waals surface area contributed by atoms with Gasteiger partial charge in [0.1, 0.15) is 0 Å². The molecule has 0 aromatic heterocycles. The van der Waals surface area contributed by atoms with Crippen LogP contribution in [0, 0.1) is 0 Å². The van der Waals surface area contributed by atoms with E-state index in [0.717, 1.165) is 35.5 Å². The van der Waals surface area contributed by atoms with Crippen LogP contribution in [0.1, 0.15) is 35.3 Å². The molecule has 0 bridgehead atoms. The van der Waals surface area contributed by atoms with Gasteiger partial charge < -0.3 is 16.0 Å². The second-order valence-electron chi connectivity index (χ2n) is 7.25. The number of benzene rings is 2. The van der Waals surface area contributed by atoms with Gasteiger partial charge in [-0.15, -0.1) is 0 Å². The molecule has 2 aromatic carbocycles. The second-order valence-corrected chi connectivity index (χ2v) is 8.10. The molecule has 0 saturated carbocycles. The average Bonchev–Trinajstić information content (AvgIpc) is 2.70. The topological polar surface area (TPSA) is 65.5 Å². The lowest BCUT2D eigenvalue weighted by Gasteiger charge is -2.27. The first-order valence-corrected chi connectivity index (χ1v) is 10.2. The van der Waals surface area contributed by atoms with E-state index in [-0.39, 0.29) is 11.3 Å². The molecule has 0 heterocycles. The van der Waals surface area contributed by atoms with E-state index >= 15 is 0 Å². The zero-order chi connectivity index (χ0) is 20.6. The molecule has 0 aliphatic rings. The summed E-state index contributed by atoms with van der Waals surface area (Å²) < 4.78 is 1.11. The fourth-order valence-corrected chi connectivity index (χ4v) is 3.79. The maximum Gasteiger partial charge on any atom is 0.251 e. The molecule has 5 nitrogen and oxygen atoms in total. The third kappa shape index (κ3) is 6.09. The van der Waals surface area contributed by atoms with Crippen molar-refractivity contribution in [3.8, 4) is 0 Å². The number of amides is 1. The van der Waals surface area contributed by atoms with Gasteiger partial charge in [-0.1, -0.05) is 60.1 Å². The standard InChI is InChI=1S/C22H29BrN4O/c1-22(2,18-10-5-6-11-19(18)23)15-27-21(25-4)26-13-12-16-8-7-9-17(14-16)20(28)24-3/h5-11,14H,12-13,15H2,1-4H3,(H,24,28)(H2,25,26,27). The Morgan fingerprint density at radius 1 is 1.11 bits per heavy atom. The van der Waals surface area contributed by atoms with Crippen molar-refractivity contribution in [3.63, 3.8) is 0 Å². The van der Waals surface area contributed by atoms with Crippen molar-refractivity contribution in [2.45, 2.75) is 25.7 Å². The lowest BCUT2D eigenvalue weighted by atomic mass is 9.84. The Hall–Kier alpha value is -2.34. The van der Waals surface area contributed by atoms with E-state index in [1.165, 1.54) is 5.56 Å². The zero-order valence-corrected chi connectivity index (χ0v) is 18.6. The SMILES string of the molecule is CN=C(NCCc1cccc(C(=O)NC)c1)NCC(C)(C)c1ccccc1Br. The Kier molecular flexibility index (Phi) is 8.05. The van der Waals surface area contributed by atoms with Crippen LogP contribution >= 0.6 is 15.9 Å². The first-order chi connectivity index (χ1) is 13.4. The van der Waals surface area contributed by atoms with Gasteiger partial charge >= 0.3 is 0 Å². The highest BCUT2D eigenvalue weighted by atomic mass is 79.9. The molecule has 0 atom stereocenters. The molecule has 1 amide bonds. The van der Waals surface area contributed by atoms with E-state index in [4.69, 9.17) is 0 Å². The van der Waals surface area contributed by atoms with Crippen LogP contribution in [0.15, 0.2) is 58.0 Å². The van der Waals surface area contributed by atoms with Crippen molar-refractivity contribution in [1.82, 2.24) is 16.0 Å². The van der Waals surface area contributed by atoms with Crippen LogP contribution in [0.3, 0.4) is 0 Å². The van der Waals surface area contributed by atoms with Crippen molar-refractivity contribution >= 4 is 27.8 Å². The van der Waals surface area contributed by atoms with Crippen molar-refractivity contribution in [3.05, 3.63) is 69.7 Å². The lowest BCUT2D eigenvalue weighted by Crippen LogP contribution is -2.44. The maximum absolute atomic E-state index is 11.8. The van der Waals surface area contributed by atoms with Gasteiger partial charge in [0, 0.05) is 42.6 Å². The van der Waals surface area contributed by atoms with E-state index in [9.17, 15) is 4.79 Å². The van der Waals surface area contributed by atoms with E-state index < -0.39 is 0 Å². The second kappa shape index (κ2) is 10.3. The minimum atomic E-state index is -0.0680. The van der Waals surface area contributed by atoms with Gasteiger partial charge in [-0.3, -0.25) is 9.79 Å². The fourth-order valence-electron chi connectivity index (χ4n) is 2.97. The Morgan fingerprint density at radius 2 is 1.86 bits per heavy atom. The number of guanidine groups is 1. The van der Waals surface area contributed by atoms with Gasteiger partial charge in [0.2, 0.25) is 0 Å². The van der Waals surface area contributed by atoms with Crippen LogP contribution in [-0.2, 0) is 11.8 Å². The molecule has 0 saturated heterocycles. The molecule has 150 valence electrons. The van der Waals surface area contributed by atoms with E-state index in [1.54, 1.807) is 14.1 Å². The predicted molar refractivity (Wildman–Crippen MR) is 120 cm³/mol. The number of hydrogen-bond donors (Lipinski definition) is 3. The van der Waals surface area contributed by atoms with Gasteiger partial charge in [0.25, 0.3) is 5.91 Å². The zero-order valence-electron chi connectivity index (χ0n) is 17.0. The van der Waals surface area contributed by atoms with Gasteiger partial charge in [-0.2, -0.15) is 0 Å². The molecule has 2 aromatic rings. The number of carbonyl (C=O) groups excluding carboxylic acids is 1. The molecule has 0 unspecified atom stereocenters. The average molecular weight is 445 g/mol. The minimum Gasteiger partial charge on any atom is -0.356 e. The largest absolute Gasteiger partial charge is 0.356 e. The summed E-state index contributed by atoms with van der Waals surface area (Å²) in [6, 6.07) is 16.0. The first-order valence-electron chi connectivity index (χ1n) is 9.38. The van der Waals surface area contributed by atoms with Gasteiger partial charge in [-0.25, -0.2) is 0 Å². The molecule has 28 heavy (non-hydrogen) atoms. The number of hydrogen-bond acceptors (Lipinski definition) is 2. The molecule has 0 aliphatic heterocycles. The highest BCUT2D eigenvalue weighted by molar-refractivity contribution is 9.10. The Morgan fingerprint density at radius 3 is 2.54 bits per heavy atom. The highest BCUT2D eigenvalue weighted by Crippen LogP contribution is 2.29. The van der Waals surface area contributed by atoms with E-state index in [0.29, 0.717) is 5.56 Å². The van der Waals surface area contributed by atoms with E-state index in [1.807, 2.05) is 30.3 Å². The van der Waals surface area contributed by atoms with Gasteiger partial charge in [0.05, 0.1) is 0 Å². The smallest absolute Gasteiger partial charge is 0.251 e. The molecule has 6 heteroatoms. The Labute approximate surface area is 176 Å². The number of aliphatic imine (C=N–C) groups is 1. The fraction of sp³-hybridized carbons (Fsp3) is 0.364. The lowest BCUT2D eigenvalue weighted by molar-refractivity contribution is 0.0963. The van der Waals surface area contributed by atoms with Crippen LogP contribution in [-0.4, -0.2) is 39.1 Å². The third-order valence-corrected chi connectivity index (χ3v) is 5.34. The van der Waals surface area contributed by atoms with Crippen molar-refractivity contribution in [2.75, 3.05) is 27.2 Å². The summed E-state index contributed by atoms with van der Waals surface area (Å²) in [5.74, 6) is 0.698. The number of nitrogens with zero attached hydrogens (tertiary/aromatic N) is 1. The molecule has 0 radical (unpaired) electrons.